The van der Waals surface area contributed by atoms with Gasteiger partial charge in [-0.05, 0) is 42.8 Å². The van der Waals surface area contributed by atoms with Crippen molar-refractivity contribution >= 4 is 11.8 Å². The van der Waals surface area contributed by atoms with E-state index in [9.17, 15) is 14.7 Å². The first kappa shape index (κ1) is 18.8. The fourth-order valence-electron chi connectivity index (χ4n) is 3.26. The van der Waals surface area contributed by atoms with Crippen LogP contribution in [0.15, 0.2) is 48.8 Å². The highest BCUT2D eigenvalue weighted by Gasteiger charge is 2.32. The molecule has 0 aliphatic carbocycles. The number of carbonyl (C=O) groups excluding carboxylic acids is 2. The van der Waals surface area contributed by atoms with Gasteiger partial charge in [0.25, 0.3) is 11.8 Å². The summed E-state index contributed by atoms with van der Waals surface area (Å²) < 4.78 is 5.11. The second-order valence-electron chi connectivity index (χ2n) is 6.53. The molecule has 0 bridgehead atoms. The zero-order valence-electron chi connectivity index (χ0n) is 15.2. The lowest BCUT2D eigenvalue weighted by atomic mass is 9.92. The molecule has 142 valence electrons. The third-order valence-electron chi connectivity index (χ3n) is 4.83. The molecular weight excluding hydrogens is 346 g/mol. The lowest BCUT2D eigenvalue weighted by Crippen LogP contribution is -2.53. The standard InChI is InChI=1S/C20H23N3O4/c1-27-17-6-4-14(5-7-17)20(26)23-10-8-18(16(12-23)13-24)22-19(25)15-3-2-9-21-11-15/h2-7,9,11,16,18,24H,8,10,12-13H2,1H3,(H,22,25)/t16-,18-/m1/s1. The summed E-state index contributed by atoms with van der Waals surface area (Å²) in [6, 6.07) is 10.2. The van der Waals surface area contributed by atoms with E-state index >= 15 is 0 Å². The van der Waals surface area contributed by atoms with Crippen LogP contribution >= 0.6 is 0 Å². The Balaban J connectivity index is 1.63. The van der Waals surface area contributed by atoms with Crippen LogP contribution in [0.5, 0.6) is 5.75 Å². The number of hydrogen-bond donors (Lipinski definition) is 2. The number of methoxy groups -OCH3 is 1. The number of aliphatic hydroxyl groups excluding tert-OH is 1. The number of ether oxygens (including phenoxy) is 1. The van der Waals surface area contributed by atoms with Gasteiger partial charge in [0.15, 0.2) is 0 Å². The number of piperidine rings is 1. The molecule has 0 saturated carbocycles. The van der Waals surface area contributed by atoms with E-state index in [4.69, 9.17) is 4.74 Å². The summed E-state index contributed by atoms with van der Waals surface area (Å²) in [6.07, 6.45) is 3.70. The normalized spacial score (nSPS) is 19.4. The van der Waals surface area contributed by atoms with Gasteiger partial charge < -0.3 is 20.1 Å². The van der Waals surface area contributed by atoms with Crippen molar-refractivity contribution < 1.29 is 19.4 Å². The van der Waals surface area contributed by atoms with Gasteiger partial charge in [0.05, 0.1) is 12.7 Å². The average molecular weight is 369 g/mol. The summed E-state index contributed by atoms with van der Waals surface area (Å²) in [5.74, 6) is 0.160. The summed E-state index contributed by atoms with van der Waals surface area (Å²) in [6.45, 7) is 0.795. The number of nitrogens with one attached hydrogen (secondary N) is 1. The van der Waals surface area contributed by atoms with Crippen molar-refractivity contribution in [2.45, 2.75) is 12.5 Å². The zero-order valence-corrected chi connectivity index (χ0v) is 15.2. The van der Waals surface area contributed by atoms with Gasteiger partial charge >= 0.3 is 0 Å². The number of hydrogen-bond acceptors (Lipinski definition) is 5. The molecule has 1 aliphatic rings. The number of carbonyl (C=O) groups is 2. The van der Waals surface area contributed by atoms with Crippen LogP contribution in [-0.4, -0.2) is 59.7 Å². The van der Waals surface area contributed by atoms with E-state index in [2.05, 4.69) is 10.3 Å². The van der Waals surface area contributed by atoms with Gasteiger partial charge in [-0.2, -0.15) is 0 Å². The highest BCUT2D eigenvalue weighted by Crippen LogP contribution is 2.21. The van der Waals surface area contributed by atoms with Crippen molar-refractivity contribution in [2.75, 3.05) is 26.8 Å². The number of amides is 2. The first-order valence-electron chi connectivity index (χ1n) is 8.87. The number of aromatic nitrogens is 1. The maximum Gasteiger partial charge on any atom is 0.253 e. The monoisotopic (exact) mass is 369 g/mol. The van der Waals surface area contributed by atoms with Crippen LogP contribution in [0, 0.1) is 5.92 Å². The van der Waals surface area contributed by atoms with E-state index in [1.54, 1.807) is 54.6 Å². The van der Waals surface area contributed by atoms with Gasteiger partial charge in [-0.15, -0.1) is 0 Å². The molecule has 0 unspecified atom stereocenters. The molecule has 27 heavy (non-hydrogen) atoms. The number of aliphatic hydroxyl groups is 1. The smallest absolute Gasteiger partial charge is 0.253 e. The second-order valence-corrected chi connectivity index (χ2v) is 6.53. The minimum absolute atomic E-state index is 0.0897. The molecule has 2 amide bonds. The molecule has 2 N–H and O–H groups in total. The minimum atomic E-state index is -0.221. The van der Waals surface area contributed by atoms with Crippen molar-refractivity contribution in [1.29, 1.82) is 0 Å². The van der Waals surface area contributed by atoms with E-state index in [0.717, 1.165) is 0 Å². The van der Waals surface area contributed by atoms with Crippen molar-refractivity contribution in [3.63, 3.8) is 0 Å². The van der Waals surface area contributed by atoms with Crippen molar-refractivity contribution in [3.05, 3.63) is 59.9 Å². The summed E-state index contributed by atoms with van der Waals surface area (Å²) in [5, 5.41) is 12.7. The first-order chi connectivity index (χ1) is 13.1. The molecule has 1 aromatic heterocycles. The summed E-state index contributed by atoms with van der Waals surface area (Å²) in [4.78, 5) is 30.7. The Labute approximate surface area is 158 Å². The highest BCUT2D eigenvalue weighted by atomic mass is 16.5. The Morgan fingerprint density at radius 2 is 2.04 bits per heavy atom. The Bertz CT molecular complexity index is 780. The molecule has 1 fully saturated rings. The van der Waals surface area contributed by atoms with Gasteiger partial charge in [-0.25, -0.2) is 0 Å². The first-order valence-corrected chi connectivity index (χ1v) is 8.87. The molecule has 0 spiro atoms. The molecular formula is C20H23N3O4. The lowest BCUT2D eigenvalue weighted by molar-refractivity contribution is 0.0534. The van der Waals surface area contributed by atoms with Crippen LogP contribution in [0.3, 0.4) is 0 Å². The van der Waals surface area contributed by atoms with Gasteiger partial charge in [0.1, 0.15) is 5.75 Å². The average Bonchev–Trinajstić information content (AvgIpc) is 2.74. The number of nitrogens with zero attached hydrogens (tertiary/aromatic N) is 2. The molecule has 3 rings (SSSR count). The molecule has 2 aromatic rings. The number of likely N-dealkylation sites (tertiary alicyclic amines) is 1. The summed E-state index contributed by atoms with van der Waals surface area (Å²) in [7, 11) is 1.58. The lowest BCUT2D eigenvalue weighted by Gasteiger charge is -2.38. The molecule has 0 radical (unpaired) electrons. The minimum Gasteiger partial charge on any atom is -0.497 e. The van der Waals surface area contributed by atoms with E-state index in [0.29, 0.717) is 36.4 Å². The van der Waals surface area contributed by atoms with E-state index < -0.39 is 0 Å². The van der Waals surface area contributed by atoms with Crippen molar-refractivity contribution in [3.8, 4) is 5.75 Å². The van der Waals surface area contributed by atoms with E-state index in [-0.39, 0.29) is 30.4 Å². The van der Waals surface area contributed by atoms with Crippen molar-refractivity contribution in [2.24, 2.45) is 5.92 Å². The van der Waals surface area contributed by atoms with Crippen molar-refractivity contribution in [1.82, 2.24) is 15.2 Å². The maximum atomic E-state index is 12.7. The largest absolute Gasteiger partial charge is 0.497 e. The molecule has 7 heteroatoms. The van der Waals surface area contributed by atoms with Gasteiger partial charge in [-0.1, -0.05) is 0 Å². The van der Waals surface area contributed by atoms with Crippen LogP contribution in [0.25, 0.3) is 0 Å². The predicted octanol–water partition coefficient (Wildman–Crippen LogP) is 1.34. The highest BCUT2D eigenvalue weighted by molar-refractivity contribution is 5.95. The SMILES string of the molecule is COc1ccc(C(=O)N2CC[C@@H](NC(=O)c3cccnc3)[C@@H](CO)C2)cc1. The predicted molar refractivity (Wildman–Crippen MR) is 99.6 cm³/mol. The van der Waals surface area contributed by atoms with Gasteiger partial charge in [0.2, 0.25) is 0 Å². The molecule has 2 heterocycles. The van der Waals surface area contributed by atoms with Crippen LogP contribution < -0.4 is 10.1 Å². The molecule has 1 saturated heterocycles. The van der Waals surface area contributed by atoms with Crippen LogP contribution in [-0.2, 0) is 0 Å². The summed E-state index contributed by atoms with van der Waals surface area (Å²) >= 11 is 0. The second kappa shape index (κ2) is 8.64. The molecule has 7 nitrogen and oxygen atoms in total. The van der Waals surface area contributed by atoms with Gasteiger partial charge in [0, 0.05) is 49.6 Å². The third kappa shape index (κ3) is 4.43. The van der Waals surface area contributed by atoms with Crippen LogP contribution in [0.4, 0.5) is 0 Å². The van der Waals surface area contributed by atoms with E-state index in [1.165, 1.54) is 6.20 Å². The van der Waals surface area contributed by atoms with Crippen LogP contribution in [0.1, 0.15) is 27.1 Å². The van der Waals surface area contributed by atoms with E-state index in [1.807, 2.05) is 0 Å². The fourth-order valence-corrected chi connectivity index (χ4v) is 3.26. The quantitative estimate of drug-likeness (QED) is 0.830. The Hall–Kier alpha value is -2.93. The molecule has 1 aromatic carbocycles. The summed E-state index contributed by atoms with van der Waals surface area (Å²) in [5.41, 5.74) is 1.05. The number of pyridine rings is 1. The zero-order chi connectivity index (χ0) is 19.2. The fraction of sp³-hybridized carbons (Fsp3) is 0.350. The third-order valence-corrected chi connectivity index (χ3v) is 4.83. The number of rotatable bonds is 5. The van der Waals surface area contributed by atoms with Gasteiger partial charge in [-0.3, -0.25) is 14.6 Å². The van der Waals surface area contributed by atoms with Crippen LogP contribution in [0.2, 0.25) is 0 Å². The topological polar surface area (TPSA) is 91.8 Å². The molecule has 1 aliphatic heterocycles. The Morgan fingerprint density at radius 1 is 1.26 bits per heavy atom. The Kier molecular flexibility index (Phi) is 6.03. The number of benzene rings is 1. The maximum absolute atomic E-state index is 12.7. The Morgan fingerprint density at radius 3 is 2.67 bits per heavy atom. The molecule has 2 atom stereocenters.